The fourth-order valence-corrected chi connectivity index (χ4v) is 3.38. The van der Waals surface area contributed by atoms with Gasteiger partial charge in [-0.25, -0.2) is 0 Å². The second-order valence-corrected chi connectivity index (χ2v) is 7.22. The van der Waals surface area contributed by atoms with Crippen LogP contribution in [0.1, 0.15) is 10.6 Å². The molecule has 0 fully saturated rings. The van der Waals surface area contributed by atoms with E-state index in [2.05, 4.69) is 16.3 Å². The predicted octanol–water partition coefficient (Wildman–Crippen LogP) is 4.44. The number of furan rings is 1. The normalized spacial score (nSPS) is 12.4. The molecule has 1 atom stereocenters. The van der Waals surface area contributed by atoms with Gasteiger partial charge in [0, 0.05) is 23.0 Å². The standard InChI is InChI=1S/C19H20ClNO3S/c20-15-5-7-17(8-6-15)24-14-16(22)11-21(12-18-3-1-9-23-18)13-19-4-2-10-25-19/h1-10,16,22H,11-14H2. The van der Waals surface area contributed by atoms with Gasteiger partial charge in [-0.05, 0) is 47.8 Å². The smallest absolute Gasteiger partial charge is 0.119 e. The summed E-state index contributed by atoms with van der Waals surface area (Å²) in [6, 6.07) is 15.1. The summed E-state index contributed by atoms with van der Waals surface area (Å²) in [5.74, 6) is 1.57. The van der Waals surface area contributed by atoms with Gasteiger partial charge >= 0.3 is 0 Å². The zero-order valence-electron chi connectivity index (χ0n) is 13.7. The van der Waals surface area contributed by atoms with Crippen LogP contribution in [0.25, 0.3) is 0 Å². The lowest BCUT2D eigenvalue weighted by molar-refractivity contribution is 0.0608. The van der Waals surface area contributed by atoms with Crippen LogP contribution in [0.4, 0.5) is 0 Å². The Morgan fingerprint density at radius 2 is 1.96 bits per heavy atom. The molecular formula is C19H20ClNO3S. The third-order valence-corrected chi connectivity index (χ3v) is 4.76. The van der Waals surface area contributed by atoms with E-state index in [-0.39, 0.29) is 6.61 Å². The average Bonchev–Trinajstić information content (AvgIpc) is 3.28. The lowest BCUT2D eigenvalue weighted by Gasteiger charge is -2.23. The zero-order chi connectivity index (χ0) is 17.5. The number of rotatable bonds is 9. The highest BCUT2D eigenvalue weighted by molar-refractivity contribution is 7.09. The molecular weight excluding hydrogens is 358 g/mol. The number of thiophene rings is 1. The molecule has 0 amide bonds. The number of hydrogen-bond acceptors (Lipinski definition) is 5. The first-order valence-electron chi connectivity index (χ1n) is 8.02. The van der Waals surface area contributed by atoms with Crippen LogP contribution in [0.3, 0.4) is 0 Å². The topological polar surface area (TPSA) is 45.8 Å². The lowest BCUT2D eigenvalue weighted by Crippen LogP contribution is -2.34. The molecule has 2 heterocycles. The summed E-state index contributed by atoms with van der Waals surface area (Å²) < 4.78 is 11.1. The molecule has 0 saturated heterocycles. The molecule has 3 aromatic rings. The van der Waals surface area contributed by atoms with E-state index >= 15 is 0 Å². The van der Waals surface area contributed by atoms with Crippen LogP contribution in [0.2, 0.25) is 5.02 Å². The molecule has 3 rings (SSSR count). The highest BCUT2D eigenvalue weighted by atomic mass is 35.5. The van der Waals surface area contributed by atoms with Gasteiger partial charge in [-0.1, -0.05) is 17.7 Å². The summed E-state index contributed by atoms with van der Waals surface area (Å²) in [5.41, 5.74) is 0. The Labute approximate surface area is 156 Å². The van der Waals surface area contributed by atoms with Crippen molar-refractivity contribution in [1.82, 2.24) is 4.90 Å². The van der Waals surface area contributed by atoms with E-state index < -0.39 is 6.10 Å². The highest BCUT2D eigenvalue weighted by Crippen LogP contribution is 2.17. The number of aliphatic hydroxyl groups excluding tert-OH is 1. The van der Waals surface area contributed by atoms with Crippen molar-refractivity contribution in [1.29, 1.82) is 0 Å². The van der Waals surface area contributed by atoms with Crippen LogP contribution < -0.4 is 4.74 Å². The van der Waals surface area contributed by atoms with Gasteiger partial charge in [0.1, 0.15) is 24.2 Å². The molecule has 2 aromatic heterocycles. The zero-order valence-corrected chi connectivity index (χ0v) is 15.2. The van der Waals surface area contributed by atoms with E-state index in [1.165, 1.54) is 4.88 Å². The van der Waals surface area contributed by atoms with Crippen molar-refractivity contribution in [3.8, 4) is 5.75 Å². The molecule has 1 aromatic carbocycles. The summed E-state index contributed by atoms with van der Waals surface area (Å²) in [7, 11) is 0. The molecule has 25 heavy (non-hydrogen) atoms. The molecule has 0 aliphatic rings. The monoisotopic (exact) mass is 377 g/mol. The summed E-state index contributed by atoms with van der Waals surface area (Å²) >= 11 is 7.56. The molecule has 6 heteroatoms. The quantitative estimate of drug-likeness (QED) is 0.599. The fourth-order valence-electron chi connectivity index (χ4n) is 2.50. The molecule has 0 radical (unpaired) electrons. The van der Waals surface area contributed by atoms with Crippen molar-refractivity contribution in [2.24, 2.45) is 0 Å². The predicted molar refractivity (Wildman–Crippen MR) is 100 cm³/mol. The van der Waals surface area contributed by atoms with E-state index in [0.717, 1.165) is 12.3 Å². The third-order valence-electron chi connectivity index (χ3n) is 3.64. The van der Waals surface area contributed by atoms with E-state index in [9.17, 15) is 5.11 Å². The average molecular weight is 378 g/mol. The summed E-state index contributed by atoms with van der Waals surface area (Å²) in [6.45, 7) is 2.12. The van der Waals surface area contributed by atoms with Gasteiger partial charge in [-0.3, -0.25) is 4.90 Å². The van der Waals surface area contributed by atoms with Gasteiger partial charge in [-0.2, -0.15) is 0 Å². The first-order valence-corrected chi connectivity index (χ1v) is 9.28. The summed E-state index contributed by atoms with van der Waals surface area (Å²) in [6.07, 6.45) is 1.06. The van der Waals surface area contributed by atoms with Crippen LogP contribution >= 0.6 is 22.9 Å². The number of nitrogens with zero attached hydrogens (tertiary/aromatic N) is 1. The van der Waals surface area contributed by atoms with Crippen molar-refractivity contribution in [2.45, 2.75) is 19.2 Å². The second kappa shape index (κ2) is 9.06. The number of ether oxygens (including phenoxy) is 1. The van der Waals surface area contributed by atoms with Gasteiger partial charge in [0.15, 0.2) is 0 Å². The van der Waals surface area contributed by atoms with Crippen molar-refractivity contribution < 1.29 is 14.3 Å². The van der Waals surface area contributed by atoms with E-state index in [4.69, 9.17) is 20.8 Å². The SMILES string of the molecule is OC(COc1ccc(Cl)cc1)CN(Cc1ccco1)Cc1cccs1. The maximum atomic E-state index is 10.4. The lowest BCUT2D eigenvalue weighted by atomic mass is 10.3. The van der Waals surface area contributed by atoms with E-state index in [0.29, 0.717) is 23.9 Å². The minimum atomic E-state index is -0.606. The van der Waals surface area contributed by atoms with E-state index in [1.807, 2.05) is 18.2 Å². The Morgan fingerprint density at radius 3 is 2.64 bits per heavy atom. The summed E-state index contributed by atoms with van der Waals surface area (Å²) in [5, 5.41) is 13.1. The van der Waals surface area contributed by atoms with Crippen LogP contribution in [0.15, 0.2) is 64.6 Å². The third kappa shape index (κ3) is 5.90. The molecule has 0 spiro atoms. The Bertz CT molecular complexity index is 692. The molecule has 0 saturated carbocycles. The van der Waals surface area contributed by atoms with Crippen LogP contribution in [-0.4, -0.2) is 29.3 Å². The largest absolute Gasteiger partial charge is 0.491 e. The first kappa shape index (κ1) is 18.0. The van der Waals surface area contributed by atoms with Crippen molar-refractivity contribution in [2.75, 3.05) is 13.2 Å². The first-order chi connectivity index (χ1) is 12.2. The van der Waals surface area contributed by atoms with E-state index in [1.54, 1.807) is 41.9 Å². The Hall–Kier alpha value is -1.79. The fraction of sp³-hybridized carbons (Fsp3) is 0.263. The van der Waals surface area contributed by atoms with Crippen molar-refractivity contribution >= 4 is 22.9 Å². The van der Waals surface area contributed by atoms with Crippen LogP contribution in [-0.2, 0) is 13.1 Å². The maximum Gasteiger partial charge on any atom is 0.119 e. The second-order valence-electron chi connectivity index (χ2n) is 5.75. The van der Waals surface area contributed by atoms with Gasteiger partial charge in [0.2, 0.25) is 0 Å². The number of benzene rings is 1. The highest BCUT2D eigenvalue weighted by Gasteiger charge is 2.15. The molecule has 1 N–H and O–H groups in total. The van der Waals surface area contributed by atoms with Crippen LogP contribution in [0.5, 0.6) is 5.75 Å². The number of aliphatic hydroxyl groups is 1. The van der Waals surface area contributed by atoms with Gasteiger partial charge in [-0.15, -0.1) is 11.3 Å². The Kier molecular flexibility index (Phi) is 6.53. The molecule has 4 nitrogen and oxygen atoms in total. The Morgan fingerprint density at radius 1 is 1.12 bits per heavy atom. The molecule has 0 aliphatic carbocycles. The molecule has 1 unspecified atom stereocenters. The Balaban J connectivity index is 1.55. The van der Waals surface area contributed by atoms with Gasteiger partial charge in [0.25, 0.3) is 0 Å². The number of hydrogen-bond donors (Lipinski definition) is 1. The number of halogens is 1. The molecule has 132 valence electrons. The van der Waals surface area contributed by atoms with Crippen molar-refractivity contribution in [3.63, 3.8) is 0 Å². The minimum absolute atomic E-state index is 0.223. The molecule has 0 aliphatic heterocycles. The van der Waals surface area contributed by atoms with Crippen molar-refractivity contribution in [3.05, 3.63) is 75.8 Å². The van der Waals surface area contributed by atoms with Gasteiger partial charge < -0.3 is 14.3 Å². The minimum Gasteiger partial charge on any atom is -0.491 e. The summed E-state index contributed by atoms with van der Waals surface area (Å²) in [4.78, 5) is 3.40. The molecule has 0 bridgehead atoms. The maximum absolute atomic E-state index is 10.4. The van der Waals surface area contributed by atoms with Gasteiger partial charge in [0.05, 0.1) is 12.8 Å². The van der Waals surface area contributed by atoms with Crippen LogP contribution in [0, 0.1) is 0 Å².